The molecule has 0 saturated carbocycles. The highest BCUT2D eigenvalue weighted by atomic mass is 35.5. The van der Waals surface area contributed by atoms with Crippen molar-refractivity contribution in [3.05, 3.63) is 94.0 Å². The van der Waals surface area contributed by atoms with E-state index in [2.05, 4.69) is 5.32 Å². The maximum absolute atomic E-state index is 14.0. The molecule has 0 saturated heterocycles. The molecule has 208 valence electrons. The van der Waals surface area contributed by atoms with Crippen molar-refractivity contribution >= 4 is 50.7 Å². The predicted octanol–water partition coefficient (Wildman–Crippen LogP) is 5.83. The largest absolute Gasteiger partial charge is 0.352 e. The molecule has 0 aliphatic rings. The van der Waals surface area contributed by atoms with Crippen LogP contribution in [0.25, 0.3) is 0 Å². The maximum Gasteiger partial charge on any atom is 0.264 e. The lowest BCUT2D eigenvalue weighted by Crippen LogP contribution is -2.53. The highest BCUT2D eigenvalue weighted by Crippen LogP contribution is 2.30. The van der Waals surface area contributed by atoms with Gasteiger partial charge in [0.25, 0.3) is 10.0 Å². The van der Waals surface area contributed by atoms with Crippen LogP contribution in [0, 0.1) is 6.92 Å². The van der Waals surface area contributed by atoms with Gasteiger partial charge >= 0.3 is 0 Å². The molecule has 0 aromatic heterocycles. The van der Waals surface area contributed by atoms with E-state index >= 15 is 0 Å². The van der Waals surface area contributed by atoms with Crippen LogP contribution >= 0.6 is 23.2 Å². The molecule has 7 nitrogen and oxygen atoms in total. The van der Waals surface area contributed by atoms with Gasteiger partial charge in [-0.15, -0.1) is 0 Å². The van der Waals surface area contributed by atoms with Gasteiger partial charge in [-0.1, -0.05) is 66.5 Å². The van der Waals surface area contributed by atoms with Gasteiger partial charge in [-0.05, 0) is 74.7 Å². The molecule has 10 heteroatoms. The maximum atomic E-state index is 14.0. The summed E-state index contributed by atoms with van der Waals surface area (Å²) in [7, 11) is -4.16. The Morgan fingerprint density at radius 1 is 0.923 bits per heavy atom. The Morgan fingerprint density at radius 2 is 1.54 bits per heavy atom. The van der Waals surface area contributed by atoms with Crippen LogP contribution in [0.4, 0.5) is 5.69 Å². The summed E-state index contributed by atoms with van der Waals surface area (Å²) in [6.45, 7) is 6.80. The van der Waals surface area contributed by atoms with E-state index in [9.17, 15) is 18.0 Å². The van der Waals surface area contributed by atoms with Crippen molar-refractivity contribution < 1.29 is 18.0 Å². The Kier molecular flexibility index (Phi) is 10.4. The van der Waals surface area contributed by atoms with Crippen LogP contribution in [0.15, 0.2) is 77.7 Å². The fourth-order valence-corrected chi connectivity index (χ4v) is 5.95. The van der Waals surface area contributed by atoms with Crippen LogP contribution in [0.5, 0.6) is 0 Å². The summed E-state index contributed by atoms with van der Waals surface area (Å²) < 4.78 is 28.8. The highest BCUT2D eigenvalue weighted by Gasteiger charge is 2.34. The van der Waals surface area contributed by atoms with Gasteiger partial charge in [0.2, 0.25) is 11.8 Å². The van der Waals surface area contributed by atoms with E-state index in [0.29, 0.717) is 22.0 Å². The summed E-state index contributed by atoms with van der Waals surface area (Å²) in [6.07, 6.45) is 0.333. The number of carbonyl (C=O) groups is 2. The predicted molar refractivity (Wildman–Crippen MR) is 157 cm³/mol. The molecule has 0 radical (unpaired) electrons. The van der Waals surface area contributed by atoms with Crippen LogP contribution < -0.4 is 9.62 Å². The quantitative estimate of drug-likeness (QED) is 0.305. The molecule has 2 amide bonds. The number of nitrogens with zero attached hydrogens (tertiary/aromatic N) is 2. The number of halogens is 2. The molecule has 0 aliphatic heterocycles. The van der Waals surface area contributed by atoms with Crippen LogP contribution in [0.1, 0.15) is 38.3 Å². The molecular formula is C29H33Cl2N3O4S. The Bertz CT molecular complexity index is 1400. The number of hydrogen-bond acceptors (Lipinski definition) is 4. The molecule has 0 bridgehead atoms. The normalized spacial score (nSPS) is 12.2. The van der Waals surface area contributed by atoms with Crippen molar-refractivity contribution in [2.75, 3.05) is 10.8 Å². The molecule has 39 heavy (non-hydrogen) atoms. The summed E-state index contributed by atoms with van der Waals surface area (Å²) >= 11 is 12.3. The van der Waals surface area contributed by atoms with Gasteiger partial charge in [0.1, 0.15) is 12.6 Å². The smallest absolute Gasteiger partial charge is 0.264 e. The second kappa shape index (κ2) is 13.3. The third-order valence-corrected chi connectivity index (χ3v) is 8.39. The molecule has 0 heterocycles. The average Bonchev–Trinajstić information content (AvgIpc) is 2.89. The first-order valence-corrected chi connectivity index (χ1v) is 14.8. The zero-order chi connectivity index (χ0) is 28.7. The second-order valence-corrected chi connectivity index (χ2v) is 12.2. The first-order valence-electron chi connectivity index (χ1n) is 12.6. The molecule has 3 aromatic rings. The lowest BCUT2D eigenvalue weighted by Gasteiger charge is -2.34. The molecular weight excluding hydrogens is 557 g/mol. The zero-order valence-corrected chi connectivity index (χ0v) is 24.7. The van der Waals surface area contributed by atoms with E-state index in [1.54, 1.807) is 61.5 Å². The SMILES string of the molecule is CC[C@@H](C(=O)NC(C)C)N(Cc1ccc(Cl)cc1)C(=O)CN(c1cc(Cl)ccc1C)S(=O)(=O)c1ccccc1. The van der Waals surface area contributed by atoms with Gasteiger partial charge in [0, 0.05) is 22.6 Å². The second-order valence-electron chi connectivity index (χ2n) is 9.49. The number of sulfonamides is 1. The monoisotopic (exact) mass is 589 g/mol. The molecule has 3 rings (SSSR count). The van der Waals surface area contributed by atoms with Crippen LogP contribution in [-0.2, 0) is 26.2 Å². The van der Waals surface area contributed by atoms with Crippen molar-refractivity contribution in [2.24, 2.45) is 0 Å². The molecule has 0 fully saturated rings. The first-order chi connectivity index (χ1) is 18.4. The summed E-state index contributed by atoms with van der Waals surface area (Å²) in [5, 5.41) is 3.75. The van der Waals surface area contributed by atoms with Gasteiger partial charge in [0.05, 0.1) is 10.6 Å². The van der Waals surface area contributed by atoms with E-state index < -0.39 is 28.5 Å². The van der Waals surface area contributed by atoms with Crippen molar-refractivity contribution in [1.82, 2.24) is 10.2 Å². The lowest BCUT2D eigenvalue weighted by molar-refractivity contribution is -0.140. The number of anilines is 1. The third kappa shape index (κ3) is 7.75. The van der Waals surface area contributed by atoms with Crippen LogP contribution in [0.3, 0.4) is 0 Å². The van der Waals surface area contributed by atoms with Crippen LogP contribution in [0.2, 0.25) is 10.0 Å². The molecule has 0 spiro atoms. The number of nitrogens with one attached hydrogen (secondary N) is 1. The lowest BCUT2D eigenvalue weighted by atomic mass is 10.1. The zero-order valence-electron chi connectivity index (χ0n) is 22.4. The van der Waals surface area contributed by atoms with E-state index in [1.807, 2.05) is 20.8 Å². The van der Waals surface area contributed by atoms with Gasteiger partial charge in [-0.25, -0.2) is 8.42 Å². The Morgan fingerprint density at radius 3 is 2.13 bits per heavy atom. The summed E-state index contributed by atoms with van der Waals surface area (Å²) in [5.74, 6) is -0.846. The number of rotatable bonds is 11. The molecule has 1 N–H and O–H groups in total. The third-order valence-electron chi connectivity index (χ3n) is 6.13. The number of amides is 2. The van der Waals surface area contributed by atoms with E-state index in [1.165, 1.54) is 23.1 Å². The van der Waals surface area contributed by atoms with Crippen molar-refractivity contribution in [1.29, 1.82) is 0 Å². The molecule has 1 atom stereocenters. The summed E-state index contributed by atoms with van der Waals surface area (Å²) in [5.41, 5.74) is 1.66. The van der Waals surface area contributed by atoms with E-state index in [0.717, 1.165) is 9.87 Å². The van der Waals surface area contributed by atoms with Crippen LogP contribution in [-0.4, -0.2) is 43.8 Å². The van der Waals surface area contributed by atoms with Crippen molar-refractivity contribution in [2.45, 2.75) is 57.6 Å². The summed E-state index contributed by atoms with van der Waals surface area (Å²) in [4.78, 5) is 28.7. The number of carbonyl (C=O) groups excluding carboxylic acids is 2. The van der Waals surface area contributed by atoms with Crippen molar-refractivity contribution in [3.8, 4) is 0 Å². The van der Waals surface area contributed by atoms with E-state index in [-0.39, 0.29) is 29.1 Å². The van der Waals surface area contributed by atoms with Gasteiger partial charge in [-0.3, -0.25) is 13.9 Å². The number of benzene rings is 3. The molecule has 3 aromatic carbocycles. The molecule has 0 unspecified atom stereocenters. The van der Waals surface area contributed by atoms with Gasteiger partial charge < -0.3 is 10.2 Å². The minimum absolute atomic E-state index is 0.0334. The molecule has 0 aliphatic carbocycles. The topological polar surface area (TPSA) is 86.8 Å². The number of hydrogen-bond donors (Lipinski definition) is 1. The number of aryl methyl sites for hydroxylation is 1. The minimum atomic E-state index is -4.16. The fourth-order valence-electron chi connectivity index (χ4n) is 4.17. The summed E-state index contributed by atoms with van der Waals surface area (Å²) in [6, 6.07) is 18.8. The Balaban J connectivity index is 2.09. The average molecular weight is 591 g/mol. The highest BCUT2D eigenvalue weighted by molar-refractivity contribution is 7.92. The van der Waals surface area contributed by atoms with Crippen molar-refractivity contribution in [3.63, 3.8) is 0 Å². The first kappa shape index (κ1) is 30.5. The standard InChI is InChI=1S/C29H33Cl2N3O4S/c1-5-26(29(36)32-20(2)3)33(18-22-12-15-23(30)16-13-22)28(35)19-34(27-17-24(31)14-11-21(27)4)39(37,38)25-9-7-6-8-10-25/h6-17,20,26H,5,18-19H2,1-4H3,(H,32,36)/t26-/m0/s1. The van der Waals surface area contributed by atoms with Gasteiger partial charge in [0.15, 0.2) is 0 Å². The van der Waals surface area contributed by atoms with E-state index in [4.69, 9.17) is 23.2 Å². The Hall–Kier alpha value is -3.07. The minimum Gasteiger partial charge on any atom is -0.352 e. The fraction of sp³-hybridized carbons (Fsp3) is 0.310. The van der Waals surface area contributed by atoms with Gasteiger partial charge in [-0.2, -0.15) is 0 Å². The Labute approximate surface area is 240 Å².